The van der Waals surface area contributed by atoms with Crippen LogP contribution in [0.2, 0.25) is 0 Å². The Morgan fingerprint density at radius 2 is 2.00 bits per heavy atom. The van der Waals surface area contributed by atoms with Gasteiger partial charge in [-0.25, -0.2) is 4.79 Å². The molecule has 1 aliphatic rings. The van der Waals surface area contributed by atoms with Crippen molar-refractivity contribution in [1.82, 2.24) is 4.90 Å². The predicted octanol–water partition coefficient (Wildman–Crippen LogP) is 1.70. The van der Waals surface area contributed by atoms with Crippen molar-refractivity contribution in [1.29, 1.82) is 0 Å². The van der Waals surface area contributed by atoms with Crippen molar-refractivity contribution in [3.63, 3.8) is 0 Å². The van der Waals surface area contributed by atoms with Gasteiger partial charge in [0.15, 0.2) is 0 Å². The second-order valence-electron chi connectivity index (χ2n) is 4.83. The largest absolute Gasteiger partial charge is 0.478 e. The molecule has 3 rings (SSSR count). The highest BCUT2D eigenvalue weighted by Gasteiger charge is 2.23. The molecule has 0 atom stereocenters. The standard InChI is InChI=1S/C14H15NO4S/c16-14(17)13-10-3-1-2-4-11(10)19-12(13)9-15-5-7-20(18)8-6-15/h1-4H,5-9H2,(H,16,17). The quantitative estimate of drug-likeness (QED) is 0.932. The minimum Gasteiger partial charge on any atom is -0.478 e. The highest BCUT2D eigenvalue weighted by atomic mass is 32.2. The van der Waals surface area contributed by atoms with E-state index >= 15 is 0 Å². The number of benzene rings is 1. The molecule has 5 nitrogen and oxygen atoms in total. The first-order valence-corrected chi connectivity index (χ1v) is 7.95. The second-order valence-corrected chi connectivity index (χ2v) is 6.52. The summed E-state index contributed by atoms with van der Waals surface area (Å²) in [7, 11) is -0.736. The fourth-order valence-corrected chi connectivity index (χ4v) is 3.61. The second kappa shape index (κ2) is 5.38. The molecule has 0 spiro atoms. The molecule has 1 aromatic heterocycles. The van der Waals surface area contributed by atoms with E-state index in [2.05, 4.69) is 4.90 Å². The molecule has 2 heterocycles. The van der Waals surface area contributed by atoms with E-state index < -0.39 is 16.8 Å². The van der Waals surface area contributed by atoms with Gasteiger partial charge in [0.2, 0.25) is 0 Å². The summed E-state index contributed by atoms with van der Waals surface area (Å²) in [6, 6.07) is 7.16. The van der Waals surface area contributed by atoms with Gasteiger partial charge in [0, 0.05) is 40.8 Å². The Kier molecular flexibility index (Phi) is 3.58. The molecule has 0 amide bonds. The molecule has 1 N–H and O–H groups in total. The average Bonchev–Trinajstić information content (AvgIpc) is 2.79. The fourth-order valence-electron chi connectivity index (χ4n) is 2.48. The highest BCUT2D eigenvalue weighted by molar-refractivity contribution is 7.85. The number of para-hydroxylation sites is 1. The Balaban J connectivity index is 1.92. The summed E-state index contributed by atoms with van der Waals surface area (Å²) in [5.41, 5.74) is 0.841. The van der Waals surface area contributed by atoms with Gasteiger partial charge in [-0.15, -0.1) is 0 Å². The lowest BCUT2D eigenvalue weighted by molar-refractivity contribution is 0.0694. The van der Waals surface area contributed by atoms with Gasteiger partial charge in [0.1, 0.15) is 16.9 Å². The van der Waals surface area contributed by atoms with Gasteiger partial charge < -0.3 is 9.52 Å². The monoisotopic (exact) mass is 293 g/mol. The third kappa shape index (κ3) is 2.48. The molecular formula is C14H15NO4S. The lowest BCUT2D eigenvalue weighted by atomic mass is 10.1. The number of carboxylic acid groups (broad SMARTS) is 1. The topological polar surface area (TPSA) is 70.8 Å². The van der Waals surface area contributed by atoms with Crippen LogP contribution < -0.4 is 0 Å². The Bertz CT molecular complexity index is 669. The summed E-state index contributed by atoms with van der Waals surface area (Å²) in [6.07, 6.45) is 0. The van der Waals surface area contributed by atoms with Gasteiger partial charge in [-0.1, -0.05) is 18.2 Å². The minimum atomic E-state index is -0.967. The van der Waals surface area contributed by atoms with Crippen molar-refractivity contribution in [2.75, 3.05) is 24.6 Å². The molecule has 0 bridgehead atoms. The molecule has 1 aliphatic heterocycles. The zero-order chi connectivity index (χ0) is 14.1. The lowest BCUT2D eigenvalue weighted by Crippen LogP contribution is -2.37. The van der Waals surface area contributed by atoms with E-state index in [9.17, 15) is 14.1 Å². The molecule has 106 valence electrons. The van der Waals surface area contributed by atoms with Crippen LogP contribution in [0.15, 0.2) is 28.7 Å². The SMILES string of the molecule is O=C(O)c1c(CN2CCS(=O)CC2)oc2ccccc12. The molecule has 0 saturated carbocycles. The summed E-state index contributed by atoms with van der Waals surface area (Å²) in [5.74, 6) is 0.794. The van der Waals surface area contributed by atoms with Crippen LogP contribution >= 0.6 is 0 Å². The molecule has 6 heteroatoms. The molecule has 0 radical (unpaired) electrons. The minimum absolute atomic E-state index is 0.243. The fraction of sp³-hybridized carbons (Fsp3) is 0.357. The Hall–Kier alpha value is -1.66. The van der Waals surface area contributed by atoms with Gasteiger partial charge in [-0.05, 0) is 6.07 Å². The number of aromatic carboxylic acids is 1. The molecule has 0 unspecified atom stereocenters. The number of hydrogen-bond acceptors (Lipinski definition) is 4. The van der Waals surface area contributed by atoms with Crippen LogP contribution in [0.5, 0.6) is 0 Å². The van der Waals surface area contributed by atoms with Gasteiger partial charge in [0.25, 0.3) is 0 Å². The highest BCUT2D eigenvalue weighted by Crippen LogP contribution is 2.27. The third-order valence-electron chi connectivity index (χ3n) is 3.52. The number of carbonyl (C=O) groups is 1. The number of furan rings is 1. The molecular weight excluding hydrogens is 278 g/mol. The van der Waals surface area contributed by atoms with Crippen LogP contribution in [-0.2, 0) is 17.3 Å². The van der Waals surface area contributed by atoms with Crippen LogP contribution in [-0.4, -0.2) is 44.8 Å². The van der Waals surface area contributed by atoms with E-state index in [-0.39, 0.29) is 5.56 Å². The number of nitrogens with zero attached hydrogens (tertiary/aromatic N) is 1. The van der Waals surface area contributed by atoms with Crippen molar-refractivity contribution in [3.8, 4) is 0 Å². The van der Waals surface area contributed by atoms with Crippen molar-refractivity contribution < 1.29 is 18.5 Å². The van der Waals surface area contributed by atoms with Crippen LogP contribution in [0.25, 0.3) is 11.0 Å². The van der Waals surface area contributed by atoms with E-state index in [1.807, 2.05) is 6.07 Å². The van der Waals surface area contributed by atoms with E-state index in [1.54, 1.807) is 18.2 Å². The van der Waals surface area contributed by atoms with Gasteiger partial charge in [-0.3, -0.25) is 9.11 Å². The summed E-state index contributed by atoms with van der Waals surface area (Å²) >= 11 is 0. The maximum Gasteiger partial charge on any atom is 0.339 e. The first-order chi connectivity index (χ1) is 9.65. The number of rotatable bonds is 3. The van der Waals surface area contributed by atoms with E-state index in [0.29, 0.717) is 47.9 Å². The zero-order valence-electron chi connectivity index (χ0n) is 10.9. The molecule has 1 saturated heterocycles. The normalized spacial score (nSPS) is 17.6. The van der Waals surface area contributed by atoms with Crippen LogP contribution in [0, 0.1) is 0 Å². The third-order valence-corrected chi connectivity index (χ3v) is 4.80. The van der Waals surface area contributed by atoms with E-state index in [4.69, 9.17) is 4.42 Å². The molecule has 20 heavy (non-hydrogen) atoms. The molecule has 1 fully saturated rings. The van der Waals surface area contributed by atoms with Gasteiger partial charge in [-0.2, -0.15) is 0 Å². The van der Waals surface area contributed by atoms with Gasteiger partial charge >= 0.3 is 5.97 Å². The lowest BCUT2D eigenvalue weighted by Gasteiger charge is -2.25. The molecule has 1 aromatic carbocycles. The van der Waals surface area contributed by atoms with Crippen molar-refractivity contribution in [2.45, 2.75) is 6.54 Å². The summed E-state index contributed by atoms with van der Waals surface area (Å²) in [4.78, 5) is 13.6. The van der Waals surface area contributed by atoms with Crippen LogP contribution in [0.1, 0.15) is 16.1 Å². The predicted molar refractivity (Wildman–Crippen MR) is 76.3 cm³/mol. The summed E-state index contributed by atoms with van der Waals surface area (Å²) < 4.78 is 17.0. The maximum absolute atomic E-state index is 11.5. The van der Waals surface area contributed by atoms with E-state index in [1.165, 1.54) is 0 Å². The van der Waals surface area contributed by atoms with Crippen LogP contribution in [0.3, 0.4) is 0 Å². The first-order valence-electron chi connectivity index (χ1n) is 6.46. The maximum atomic E-state index is 11.5. The first kappa shape index (κ1) is 13.3. The van der Waals surface area contributed by atoms with Gasteiger partial charge in [0.05, 0.1) is 6.54 Å². The van der Waals surface area contributed by atoms with E-state index in [0.717, 1.165) is 0 Å². The summed E-state index contributed by atoms with van der Waals surface area (Å²) in [6.45, 7) is 1.87. The number of carboxylic acids is 1. The van der Waals surface area contributed by atoms with Crippen molar-refractivity contribution in [2.24, 2.45) is 0 Å². The van der Waals surface area contributed by atoms with Crippen molar-refractivity contribution >= 4 is 27.7 Å². The Morgan fingerprint density at radius 3 is 2.70 bits per heavy atom. The summed E-state index contributed by atoms with van der Waals surface area (Å²) in [5, 5.41) is 10.0. The number of fused-ring (bicyclic) bond motifs is 1. The number of hydrogen-bond donors (Lipinski definition) is 1. The molecule has 2 aromatic rings. The zero-order valence-corrected chi connectivity index (χ0v) is 11.7. The molecule has 0 aliphatic carbocycles. The average molecular weight is 293 g/mol. The van der Waals surface area contributed by atoms with Crippen LogP contribution in [0.4, 0.5) is 0 Å². The Morgan fingerprint density at radius 1 is 1.30 bits per heavy atom. The smallest absolute Gasteiger partial charge is 0.339 e. The van der Waals surface area contributed by atoms with Crippen molar-refractivity contribution in [3.05, 3.63) is 35.6 Å². The Labute approximate surface area is 118 Å².